The molecular weight excluding hydrogens is 340 g/mol. The smallest absolute Gasteiger partial charge is 0.234 e. The molecule has 5 nitrogen and oxygen atoms in total. The van der Waals surface area contributed by atoms with Gasteiger partial charge in [0.2, 0.25) is 5.91 Å². The topological polar surface area (TPSA) is 75.8 Å². The molecule has 0 radical (unpaired) electrons. The Labute approximate surface area is 151 Å². The van der Waals surface area contributed by atoms with Gasteiger partial charge in [0, 0.05) is 29.5 Å². The van der Waals surface area contributed by atoms with E-state index in [1.165, 1.54) is 7.11 Å². The van der Waals surface area contributed by atoms with Crippen LogP contribution in [-0.2, 0) is 4.79 Å². The summed E-state index contributed by atoms with van der Waals surface area (Å²) in [6, 6.07) is 12.6. The number of carbonyl (C=O) groups is 1. The minimum Gasteiger partial charge on any atom is -0.506 e. The lowest BCUT2D eigenvalue weighted by Gasteiger charge is -2.19. The molecule has 0 spiro atoms. The van der Waals surface area contributed by atoms with Gasteiger partial charge in [0.05, 0.1) is 18.6 Å². The minimum atomic E-state index is -0.253. The Morgan fingerprint density at radius 2 is 2.12 bits per heavy atom. The zero-order valence-corrected chi connectivity index (χ0v) is 14.5. The van der Waals surface area contributed by atoms with Gasteiger partial charge in [-0.3, -0.25) is 4.79 Å². The summed E-state index contributed by atoms with van der Waals surface area (Å²) < 4.78 is 5.32. The van der Waals surface area contributed by atoms with Crippen LogP contribution in [0.4, 0.5) is 5.69 Å². The molecule has 2 aromatic rings. The second-order valence-corrected chi connectivity index (χ2v) is 6.20. The van der Waals surface area contributed by atoms with E-state index >= 15 is 0 Å². The standard InChI is InChI=1S/C19H19ClN2O3/c1-25-18-10-12(6-7-15(18)17(23)11-21)22-9-8-14(19(22)24)13-4-2-3-5-16(13)20/h2-7,10-11,14,23H,8-9,21H2,1H3/b17-11-. The first-order chi connectivity index (χ1) is 12.1. The van der Waals surface area contributed by atoms with Gasteiger partial charge in [0.1, 0.15) is 11.5 Å². The summed E-state index contributed by atoms with van der Waals surface area (Å²) in [4.78, 5) is 14.6. The van der Waals surface area contributed by atoms with E-state index in [-0.39, 0.29) is 17.6 Å². The number of benzene rings is 2. The van der Waals surface area contributed by atoms with Crippen molar-refractivity contribution in [2.75, 3.05) is 18.6 Å². The van der Waals surface area contributed by atoms with Crippen LogP contribution in [0.25, 0.3) is 5.76 Å². The lowest BCUT2D eigenvalue weighted by Crippen LogP contribution is -2.26. The molecule has 1 aliphatic heterocycles. The van der Waals surface area contributed by atoms with Gasteiger partial charge in [-0.1, -0.05) is 29.8 Å². The Bertz CT molecular complexity index is 835. The zero-order chi connectivity index (χ0) is 18.0. The first-order valence-electron chi connectivity index (χ1n) is 7.92. The first-order valence-corrected chi connectivity index (χ1v) is 8.29. The number of nitrogens with zero attached hydrogens (tertiary/aromatic N) is 1. The van der Waals surface area contributed by atoms with Crippen LogP contribution in [0.2, 0.25) is 5.02 Å². The van der Waals surface area contributed by atoms with Gasteiger partial charge < -0.3 is 20.5 Å². The van der Waals surface area contributed by atoms with Crippen molar-refractivity contribution in [3.63, 3.8) is 0 Å². The lowest BCUT2D eigenvalue weighted by atomic mass is 9.98. The van der Waals surface area contributed by atoms with E-state index in [1.807, 2.05) is 18.2 Å². The van der Waals surface area contributed by atoms with Crippen LogP contribution in [-0.4, -0.2) is 24.7 Å². The average Bonchev–Trinajstić information content (AvgIpc) is 3.02. The van der Waals surface area contributed by atoms with Gasteiger partial charge >= 0.3 is 0 Å². The van der Waals surface area contributed by atoms with Gasteiger partial charge in [-0.25, -0.2) is 0 Å². The highest BCUT2D eigenvalue weighted by Gasteiger charge is 2.35. The second kappa shape index (κ2) is 7.07. The molecule has 1 amide bonds. The van der Waals surface area contributed by atoms with Crippen molar-refractivity contribution in [2.45, 2.75) is 12.3 Å². The fourth-order valence-corrected chi connectivity index (χ4v) is 3.40. The van der Waals surface area contributed by atoms with E-state index in [0.29, 0.717) is 35.0 Å². The van der Waals surface area contributed by atoms with Gasteiger partial charge in [-0.15, -0.1) is 0 Å². The van der Waals surface area contributed by atoms with E-state index in [9.17, 15) is 9.90 Å². The van der Waals surface area contributed by atoms with Gasteiger partial charge in [-0.05, 0) is 30.2 Å². The van der Waals surface area contributed by atoms with E-state index < -0.39 is 0 Å². The van der Waals surface area contributed by atoms with Crippen molar-refractivity contribution in [3.8, 4) is 5.75 Å². The normalized spacial score (nSPS) is 17.8. The highest BCUT2D eigenvalue weighted by atomic mass is 35.5. The Kier molecular flexibility index (Phi) is 4.86. The second-order valence-electron chi connectivity index (χ2n) is 5.79. The third kappa shape index (κ3) is 3.15. The lowest BCUT2D eigenvalue weighted by molar-refractivity contribution is -0.118. The van der Waals surface area contributed by atoms with E-state index in [2.05, 4.69) is 0 Å². The maximum atomic E-state index is 12.9. The number of anilines is 1. The number of rotatable bonds is 4. The van der Waals surface area contributed by atoms with Crippen molar-refractivity contribution in [1.82, 2.24) is 0 Å². The van der Waals surface area contributed by atoms with E-state index in [4.69, 9.17) is 22.1 Å². The first kappa shape index (κ1) is 17.2. The van der Waals surface area contributed by atoms with Crippen molar-refractivity contribution < 1.29 is 14.6 Å². The monoisotopic (exact) mass is 358 g/mol. The quantitative estimate of drug-likeness (QED) is 0.817. The Hall–Kier alpha value is -2.66. The molecule has 3 N–H and O–H groups in total. The predicted molar refractivity (Wildman–Crippen MR) is 99.0 cm³/mol. The number of ether oxygens (including phenoxy) is 1. The number of methoxy groups -OCH3 is 1. The number of carbonyl (C=O) groups excluding carboxylic acids is 1. The fraction of sp³-hybridized carbons (Fsp3) is 0.211. The summed E-state index contributed by atoms with van der Waals surface area (Å²) in [5.74, 6) is 0.119. The largest absolute Gasteiger partial charge is 0.506 e. The highest BCUT2D eigenvalue weighted by Crippen LogP contribution is 2.37. The third-order valence-corrected chi connectivity index (χ3v) is 4.76. The molecule has 2 aromatic carbocycles. The molecule has 6 heteroatoms. The summed E-state index contributed by atoms with van der Waals surface area (Å²) in [6.45, 7) is 0.593. The van der Waals surface area contributed by atoms with Crippen LogP contribution in [0.5, 0.6) is 5.75 Å². The van der Waals surface area contributed by atoms with Gasteiger partial charge in [0.25, 0.3) is 0 Å². The van der Waals surface area contributed by atoms with Gasteiger partial charge in [0.15, 0.2) is 0 Å². The number of hydrogen-bond donors (Lipinski definition) is 2. The van der Waals surface area contributed by atoms with Crippen LogP contribution in [0.1, 0.15) is 23.5 Å². The number of amides is 1. The fourth-order valence-electron chi connectivity index (χ4n) is 3.13. The van der Waals surface area contributed by atoms with Crippen LogP contribution >= 0.6 is 11.6 Å². The molecule has 1 unspecified atom stereocenters. The molecule has 0 aliphatic carbocycles. The summed E-state index contributed by atoms with van der Waals surface area (Å²) in [6.07, 6.45) is 1.80. The summed E-state index contributed by atoms with van der Waals surface area (Å²) in [7, 11) is 1.50. The Morgan fingerprint density at radius 1 is 1.36 bits per heavy atom. The van der Waals surface area contributed by atoms with Crippen molar-refractivity contribution >= 4 is 29.0 Å². The number of aliphatic hydroxyl groups is 1. The Morgan fingerprint density at radius 3 is 2.80 bits per heavy atom. The molecule has 1 aliphatic rings. The number of aliphatic hydroxyl groups excluding tert-OH is 1. The average molecular weight is 359 g/mol. The maximum Gasteiger partial charge on any atom is 0.234 e. The zero-order valence-electron chi connectivity index (χ0n) is 13.8. The number of nitrogens with two attached hydrogens (primary N) is 1. The molecule has 0 saturated carbocycles. The molecule has 130 valence electrons. The minimum absolute atomic E-state index is 0.00138. The molecule has 0 aromatic heterocycles. The molecule has 1 atom stereocenters. The highest BCUT2D eigenvalue weighted by molar-refractivity contribution is 6.31. The molecule has 3 rings (SSSR count). The summed E-state index contributed by atoms with van der Waals surface area (Å²) in [5, 5.41) is 10.4. The molecule has 0 bridgehead atoms. The molecule has 1 fully saturated rings. The molecular formula is C19H19ClN2O3. The van der Waals surface area contributed by atoms with E-state index in [0.717, 1.165) is 11.8 Å². The number of hydrogen-bond acceptors (Lipinski definition) is 4. The summed E-state index contributed by atoms with van der Waals surface area (Å²) >= 11 is 6.25. The predicted octanol–water partition coefficient (Wildman–Crippen LogP) is 3.68. The molecule has 25 heavy (non-hydrogen) atoms. The number of halogens is 1. The van der Waals surface area contributed by atoms with Crippen molar-refractivity contribution in [2.24, 2.45) is 5.73 Å². The SMILES string of the molecule is COc1cc(N2CCC(c3ccccc3Cl)C2=O)ccc1/C(O)=C/N. The van der Waals surface area contributed by atoms with Crippen LogP contribution in [0.15, 0.2) is 48.7 Å². The van der Waals surface area contributed by atoms with E-state index in [1.54, 1.807) is 29.2 Å². The molecule has 1 heterocycles. The van der Waals surface area contributed by atoms with Crippen LogP contribution in [0.3, 0.4) is 0 Å². The molecule has 1 saturated heterocycles. The maximum absolute atomic E-state index is 12.9. The summed E-state index contributed by atoms with van der Waals surface area (Å²) in [5.41, 5.74) is 7.40. The van der Waals surface area contributed by atoms with Crippen LogP contribution < -0.4 is 15.4 Å². The third-order valence-electron chi connectivity index (χ3n) is 4.42. The van der Waals surface area contributed by atoms with Crippen molar-refractivity contribution in [1.29, 1.82) is 0 Å². The Balaban J connectivity index is 1.91. The van der Waals surface area contributed by atoms with Crippen LogP contribution in [0, 0.1) is 0 Å². The van der Waals surface area contributed by atoms with Gasteiger partial charge in [-0.2, -0.15) is 0 Å². The van der Waals surface area contributed by atoms with Crippen molar-refractivity contribution in [3.05, 3.63) is 64.8 Å².